The van der Waals surface area contributed by atoms with Crippen molar-refractivity contribution in [3.63, 3.8) is 0 Å². The van der Waals surface area contributed by atoms with Crippen LogP contribution < -0.4 is 14.2 Å². The topological polar surface area (TPSA) is 86.9 Å². The zero-order chi connectivity index (χ0) is 21.7. The summed E-state index contributed by atoms with van der Waals surface area (Å²) < 4.78 is 22.5. The van der Waals surface area contributed by atoms with Gasteiger partial charge >= 0.3 is 0 Å². The van der Waals surface area contributed by atoms with E-state index in [-0.39, 0.29) is 24.9 Å². The molecule has 0 aliphatic rings. The van der Waals surface area contributed by atoms with Crippen molar-refractivity contribution >= 4 is 33.4 Å². The highest BCUT2D eigenvalue weighted by Gasteiger charge is 2.17. The van der Waals surface area contributed by atoms with Crippen LogP contribution in [0.4, 0.5) is 0 Å². The number of nitrogens with zero attached hydrogens (tertiary/aromatic N) is 3. The first-order valence-corrected chi connectivity index (χ1v) is 9.95. The minimum Gasteiger partial charge on any atom is -0.493 e. The summed E-state index contributed by atoms with van der Waals surface area (Å²) in [6.45, 7) is -0.0366. The lowest BCUT2D eigenvalue weighted by Crippen LogP contribution is -2.31. The highest BCUT2D eigenvalue weighted by Crippen LogP contribution is 2.32. The molecule has 0 saturated carbocycles. The van der Waals surface area contributed by atoms with Crippen LogP contribution in [-0.2, 0) is 11.3 Å². The van der Waals surface area contributed by atoms with Gasteiger partial charge in [0.1, 0.15) is 5.75 Å². The van der Waals surface area contributed by atoms with Crippen molar-refractivity contribution in [2.75, 3.05) is 27.9 Å². The summed E-state index contributed by atoms with van der Waals surface area (Å²) in [5.74, 6) is 1.90. The van der Waals surface area contributed by atoms with Gasteiger partial charge in [0, 0.05) is 17.1 Å². The number of amides is 1. The lowest BCUT2D eigenvalue weighted by molar-refractivity contribution is -0.132. The van der Waals surface area contributed by atoms with Crippen LogP contribution in [0.5, 0.6) is 17.2 Å². The van der Waals surface area contributed by atoms with Gasteiger partial charge in [0.15, 0.2) is 18.1 Å². The molecule has 1 heterocycles. The van der Waals surface area contributed by atoms with Crippen LogP contribution in [0.1, 0.15) is 5.89 Å². The van der Waals surface area contributed by atoms with Crippen LogP contribution >= 0.6 is 27.5 Å². The minimum atomic E-state index is -0.264. The zero-order valence-electron chi connectivity index (χ0n) is 16.5. The first kappa shape index (κ1) is 21.9. The third kappa shape index (κ3) is 5.22. The Morgan fingerprint density at radius 1 is 1.10 bits per heavy atom. The molecule has 1 aromatic heterocycles. The Labute approximate surface area is 186 Å². The molecule has 0 bridgehead atoms. The summed E-state index contributed by atoms with van der Waals surface area (Å²) >= 11 is 9.41. The fourth-order valence-corrected chi connectivity index (χ4v) is 3.26. The van der Waals surface area contributed by atoms with Crippen molar-refractivity contribution in [2.24, 2.45) is 0 Å². The number of benzene rings is 2. The quantitative estimate of drug-likeness (QED) is 0.462. The van der Waals surface area contributed by atoms with Crippen molar-refractivity contribution in [1.29, 1.82) is 0 Å². The van der Waals surface area contributed by atoms with E-state index in [0.717, 1.165) is 4.47 Å². The lowest BCUT2D eigenvalue weighted by atomic mass is 10.2. The summed E-state index contributed by atoms with van der Waals surface area (Å²) in [6.07, 6.45) is 0. The molecule has 0 fully saturated rings. The molecule has 3 rings (SSSR count). The average Bonchev–Trinajstić information content (AvgIpc) is 3.20. The fraction of sp³-hybridized carbons (Fsp3) is 0.250. The molecule has 0 radical (unpaired) electrons. The number of likely N-dealkylation sites (N-methyl/N-ethyl adjacent to an activating group) is 1. The van der Waals surface area contributed by atoms with Gasteiger partial charge in [-0.25, -0.2) is 0 Å². The number of ether oxygens (including phenoxy) is 3. The van der Waals surface area contributed by atoms with E-state index in [9.17, 15) is 4.79 Å². The van der Waals surface area contributed by atoms with Gasteiger partial charge < -0.3 is 23.5 Å². The molecule has 0 aliphatic heterocycles. The Hall–Kier alpha value is -2.78. The van der Waals surface area contributed by atoms with Crippen molar-refractivity contribution in [2.45, 2.75) is 6.54 Å². The van der Waals surface area contributed by atoms with E-state index in [4.69, 9.17) is 30.2 Å². The maximum Gasteiger partial charge on any atom is 0.260 e. The van der Waals surface area contributed by atoms with Crippen LogP contribution in [-0.4, -0.2) is 48.9 Å². The summed E-state index contributed by atoms with van der Waals surface area (Å²) in [5.41, 5.74) is 0.675. The monoisotopic (exact) mass is 495 g/mol. The normalized spacial score (nSPS) is 10.6. The number of methoxy groups -OCH3 is 2. The maximum absolute atomic E-state index is 12.4. The Morgan fingerprint density at radius 3 is 2.53 bits per heavy atom. The zero-order valence-corrected chi connectivity index (χ0v) is 18.9. The number of hydrogen-bond donors (Lipinski definition) is 0. The van der Waals surface area contributed by atoms with Crippen molar-refractivity contribution < 1.29 is 23.4 Å². The number of rotatable bonds is 8. The fourth-order valence-electron chi connectivity index (χ4n) is 2.54. The summed E-state index contributed by atoms with van der Waals surface area (Å²) in [4.78, 5) is 13.8. The first-order valence-electron chi connectivity index (χ1n) is 8.78. The van der Waals surface area contributed by atoms with Gasteiger partial charge in [-0.3, -0.25) is 4.79 Å². The Bertz CT molecular complexity index is 1040. The largest absolute Gasteiger partial charge is 0.493 e. The molecular weight excluding hydrogens is 478 g/mol. The number of halogens is 2. The van der Waals surface area contributed by atoms with E-state index in [0.29, 0.717) is 33.7 Å². The van der Waals surface area contributed by atoms with E-state index < -0.39 is 0 Å². The Morgan fingerprint density at radius 2 is 1.83 bits per heavy atom. The molecular formula is C20H19BrClN3O5. The third-order valence-electron chi connectivity index (χ3n) is 4.14. The van der Waals surface area contributed by atoms with E-state index in [1.165, 1.54) is 4.90 Å². The second-order valence-corrected chi connectivity index (χ2v) is 7.51. The van der Waals surface area contributed by atoms with Crippen LogP contribution in [0.3, 0.4) is 0 Å². The van der Waals surface area contributed by atoms with Gasteiger partial charge in [-0.05, 0) is 36.4 Å². The number of carbonyl (C=O) groups is 1. The van der Waals surface area contributed by atoms with Crippen LogP contribution in [0.25, 0.3) is 11.5 Å². The van der Waals surface area contributed by atoms with Crippen LogP contribution in [0.15, 0.2) is 45.3 Å². The molecule has 0 spiro atoms. The van der Waals surface area contributed by atoms with Gasteiger partial charge in [0.25, 0.3) is 5.91 Å². The molecule has 0 atom stereocenters. The lowest BCUT2D eigenvalue weighted by Gasteiger charge is -2.15. The minimum absolute atomic E-state index is 0.135. The van der Waals surface area contributed by atoms with E-state index in [2.05, 4.69) is 26.1 Å². The van der Waals surface area contributed by atoms with E-state index in [1.54, 1.807) is 57.7 Å². The van der Waals surface area contributed by atoms with Gasteiger partial charge in [-0.1, -0.05) is 27.5 Å². The molecule has 0 saturated heterocycles. The van der Waals surface area contributed by atoms with Crippen molar-refractivity contribution in [1.82, 2.24) is 15.1 Å². The number of hydrogen-bond acceptors (Lipinski definition) is 7. The maximum atomic E-state index is 12.4. The molecule has 10 heteroatoms. The summed E-state index contributed by atoms with van der Waals surface area (Å²) in [7, 11) is 4.73. The molecule has 0 unspecified atom stereocenters. The van der Waals surface area contributed by atoms with Gasteiger partial charge in [0.05, 0.1) is 25.8 Å². The molecule has 1 amide bonds. The summed E-state index contributed by atoms with van der Waals surface area (Å²) in [5, 5.41) is 8.46. The predicted molar refractivity (Wildman–Crippen MR) is 114 cm³/mol. The molecule has 30 heavy (non-hydrogen) atoms. The smallest absolute Gasteiger partial charge is 0.260 e. The van der Waals surface area contributed by atoms with Crippen molar-refractivity contribution in [3.8, 4) is 28.7 Å². The molecule has 0 aliphatic carbocycles. The van der Waals surface area contributed by atoms with Gasteiger partial charge in [0.2, 0.25) is 11.8 Å². The second kappa shape index (κ2) is 9.82. The van der Waals surface area contributed by atoms with Crippen molar-refractivity contribution in [3.05, 3.63) is 51.8 Å². The number of aromatic nitrogens is 2. The first-order chi connectivity index (χ1) is 14.4. The predicted octanol–water partition coefficient (Wildman–Crippen LogP) is 4.21. The third-order valence-corrected chi connectivity index (χ3v) is 4.93. The van der Waals surface area contributed by atoms with Gasteiger partial charge in [-0.2, -0.15) is 0 Å². The van der Waals surface area contributed by atoms with Gasteiger partial charge in [-0.15, -0.1) is 10.2 Å². The number of carbonyl (C=O) groups excluding carboxylic acids is 1. The van der Waals surface area contributed by atoms with E-state index in [1.807, 2.05) is 0 Å². The summed E-state index contributed by atoms with van der Waals surface area (Å²) in [6, 6.07) is 10.4. The standard InChI is InChI=1S/C20H19BrClN3O5/c1-25(19(26)11-29-15-7-5-13(21)9-14(15)22)10-18-23-24-20(30-18)12-4-6-16(27-2)17(8-12)28-3/h4-9H,10-11H2,1-3H3. The SMILES string of the molecule is COc1ccc(-c2nnc(CN(C)C(=O)COc3ccc(Br)cc3Cl)o2)cc1OC. The highest BCUT2D eigenvalue weighted by molar-refractivity contribution is 9.10. The van der Waals surface area contributed by atoms with E-state index >= 15 is 0 Å². The Balaban J connectivity index is 1.61. The second-order valence-electron chi connectivity index (χ2n) is 6.18. The molecule has 0 N–H and O–H groups in total. The molecule has 158 valence electrons. The molecule has 2 aromatic carbocycles. The van der Waals surface area contributed by atoms with Crippen LogP contribution in [0.2, 0.25) is 5.02 Å². The highest BCUT2D eigenvalue weighted by atomic mass is 79.9. The average molecular weight is 497 g/mol. The van der Waals surface area contributed by atoms with Crippen LogP contribution in [0, 0.1) is 0 Å². The molecule has 8 nitrogen and oxygen atoms in total. The molecule has 3 aromatic rings. The Kier molecular flexibility index (Phi) is 7.17.